The number of hydrogen-bond acceptors (Lipinski definition) is 6. The number of oxazole rings is 1. The largest absolute Gasteiger partial charge is 0.504 e. The monoisotopic (exact) mass is 525 g/mol. The maximum atomic E-state index is 14.8. The van der Waals surface area contributed by atoms with E-state index in [4.69, 9.17) is 9.15 Å². The molecule has 202 valence electrons. The van der Waals surface area contributed by atoms with E-state index in [2.05, 4.69) is 10.3 Å². The molecule has 1 aromatic heterocycles. The summed E-state index contributed by atoms with van der Waals surface area (Å²) in [5.41, 5.74) is -0.626. The number of phenols is 1. The van der Waals surface area contributed by atoms with Gasteiger partial charge in [0.05, 0.1) is 6.10 Å². The molecule has 0 unspecified atom stereocenters. The Kier molecular flexibility index (Phi) is 6.52. The molecule has 4 fully saturated rings. The summed E-state index contributed by atoms with van der Waals surface area (Å²) in [6.45, 7) is 5.23. The van der Waals surface area contributed by atoms with Gasteiger partial charge in [0.15, 0.2) is 23.0 Å². The van der Waals surface area contributed by atoms with Crippen LogP contribution in [0.15, 0.2) is 16.5 Å². The quantitative estimate of drug-likeness (QED) is 0.407. The Morgan fingerprint density at radius 1 is 1.19 bits per heavy atom. The van der Waals surface area contributed by atoms with Gasteiger partial charge in [-0.25, -0.2) is 4.39 Å². The van der Waals surface area contributed by atoms with Gasteiger partial charge < -0.3 is 24.5 Å². The second kappa shape index (κ2) is 9.40. The Balaban J connectivity index is 1.32. The number of nitrogens with one attached hydrogen (secondary N) is 1. The molecule has 2 N–H and O–H groups in total. The Bertz CT molecular complexity index is 1130. The van der Waals surface area contributed by atoms with Gasteiger partial charge in [-0.1, -0.05) is 13.8 Å². The fraction of sp³-hybridized carbons (Fsp3) is 0.615. The van der Waals surface area contributed by atoms with Crippen molar-refractivity contribution >= 4 is 17.6 Å². The maximum absolute atomic E-state index is 14.8. The number of aromatic hydroxyl groups is 1. The van der Waals surface area contributed by atoms with Crippen molar-refractivity contribution in [1.82, 2.24) is 4.98 Å². The van der Waals surface area contributed by atoms with Crippen molar-refractivity contribution in [3.05, 3.63) is 29.4 Å². The summed E-state index contributed by atoms with van der Waals surface area (Å²) in [6, 6.07) is 2.02. The molecule has 2 heterocycles. The first-order chi connectivity index (χ1) is 17.5. The van der Waals surface area contributed by atoms with Crippen LogP contribution in [0.1, 0.15) is 68.6 Å². The Morgan fingerprint density at radius 2 is 1.84 bits per heavy atom. The average molecular weight is 526 g/mol. The third-order valence-corrected chi connectivity index (χ3v) is 8.18. The highest BCUT2D eigenvalue weighted by Crippen LogP contribution is 2.47. The molecule has 0 atom stereocenters. The number of phenolic OH excluding ortho intramolecular Hbond substituents is 1. The van der Waals surface area contributed by atoms with Gasteiger partial charge in [-0.3, -0.25) is 4.79 Å². The number of rotatable bonds is 8. The van der Waals surface area contributed by atoms with Crippen LogP contribution in [-0.2, 0) is 6.42 Å². The van der Waals surface area contributed by atoms with E-state index in [0.717, 1.165) is 50.7 Å². The predicted octanol–water partition coefficient (Wildman–Crippen LogP) is 6.07. The SMILES string of the molecule is CCC1(CC)CN(c2nc(C(=O)Nc3cc(O)c(OC4CC5CC(C5)C4)c(F)c3)c(CC(F)(F)F)o2)C1. The van der Waals surface area contributed by atoms with Crippen molar-refractivity contribution in [3.63, 3.8) is 0 Å². The first-order valence-corrected chi connectivity index (χ1v) is 12.8. The van der Waals surface area contributed by atoms with E-state index in [9.17, 15) is 27.5 Å². The Morgan fingerprint density at radius 3 is 2.41 bits per heavy atom. The molecule has 11 heteroatoms. The van der Waals surface area contributed by atoms with Crippen LogP contribution in [0.25, 0.3) is 0 Å². The first kappa shape index (κ1) is 25.7. The highest BCUT2D eigenvalue weighted by atomic mass is 19.4. The highest BCUT2D eigenvalue weighted by molar-refractivity contribution is 6.04. The van der Waals surface area contributed by atoms with Gasteiger partial charge in [-0.05, 0) is 50.4 Å². The van der Waals surface area contributed by atoms with Gasteiger partial charge in [-0.15, -0.1) is 0 Å². The lowest BCUT2D eigenvalue weighted by Crippen LogP contribution is -2.56. The topological polar surface area (TPSA) is 87.8 Å². The minimum atomic E-state index is -4.62. The number of amides is 1. The zero-order chi connectivity index (χ0) is 26.5. The van der Waals surface area contributed by atoms with Gasteiger partial charge in [0, 0.05) is 36.3 Å². The lowest BCUT2D eigenvalue weighted by Gasteiger charge is -2.49. The molecule has 1 aliphatic heterocycles. The van der Waals surface area contributed by atoms with E-state index in [1.165, 1.54) is 0 Å². The lowest BCUT2D eigenvalue weighted by molar-refractivity contribution is -0.130. The van der Waals surface area contributed by atoms with Gasteiger partial charge in [0.1, 0.15) is 12.2 Å². The zero-order valence-corrected chi connectivity index (χ0v) is 20.8. The van der Waals surface area contributed by atoms with Gasteiger partial charge in [0.2, 0.25) is 0 Å². The molecule has 0 radical (unpaired) electrons. The summed E-state index contributed by atoms with van der Waals surface area (Å²) >= 11 is 0. The normalized spacial score (nSPS) is 24.3. The molecular formula is C26H31F4N3O4. The maximum Gasteiger partial charge on any atom is 0.396 e. The summed E-state index contributed by atoms with van der Waals surface area (Å²) < 4.78 is 65.5. The highest BCUT2D eigenvalue weighted by Gasteiger charge is 2.43. The van der Waals surface area contributed by atoms with E-state index in [0.29, 0.717) is 24.9 Å². The van der Waals surface area contributed by atoms with Crippen LogP contribution in [-0.4, -0.2) is 41.4 Å². The molecule has 2 aromatic rings. The summed E-state index contributed by atoms with van der Waals surface area (Å²) in [5, 5.41) is 12.7. The third kappa shape index (κ3) is 5.22. The summed E-state index contributed by atoms with van der Waals surface area (Å²) in [5.74, 6) is -2.13. The fourth-order valence-electron chi connectivity index (χ4n) is 5.87. The second-order valence-corrected chi connectivity index (χ2v) is 10.8. The van der Waals surface area contributed by atoms with Crippen LogP contribution in [0, 0.1) is 23.1 Å². The zero-order valence-electron chi connectivity index (χ0n) is 20.8. The molecule has 37 heavy (non-hydrogen) atoms. The fourth-order valence-corrected chi connectivity index (χ4v) is 5.87. The van der Waals surface area contributed by atoms with Crippen LogP contribution in [0.2, 0.25) is 0 Å². The van der Waals surface area contributed by atoms with Crippen molar-refractivity contribution in [2.24, 2.45) is 17.3 Å². The van der Waals surface area contributed by atoms with E-state index in [1.807, 2.05) is 13.8 Å². The Labute approximate surface area is 212 Å². The molecule has 7 nitrogen and oxygen atoms in total. The van der Waals surface area contributed by atoms with Crippen molar-refractivity contribution in [2.75, 3.05) is 23.3 Å². The van der Waals surface area contributed by atoms with Crippen LogP contribution >= 0.6 is 0 Å². The Hall–Kier alpha value is -2.98. The van der Waals surface area contributed by atoms with Crippen molar-refractivity contribution in [1.29, 1.82) is 0 Å². The molecular weight excluding hydrogens is 494 g/mol. The van der Waals surface area contributed by atoms with Crippen LogP contribution in [0.3, 0.4) is 0 Å². The van der Waals surface area contributed by atoms with E-state index in [1.54, 1.807) is 4.90 Å². The molecule has 1 aromatic carbocycles. The predicted molar refractivity (Wildman–Crippen MR) is 127 cm³/mol. The standard InChI is InChI=1S/C26H31F4N3O4/c1-3-25(4-2)12-33(13-25)24-32-21(20(37-24)11-26(28,29)30)23(35)31-16-9-18(27)22(19(34)10-16)36-17-7-14-5-15(6-14)8-17/h9-10,14-15,17,34H,3-8,11-13H2,1-2H3,(H,31,35). The number of alkyl halides is 3. The molecule has 2 bridgehead atoms. The number of carbonyl (C=O) groups is 1. The molecule has 1 amide bonds. The summed E-state index contributed by atoms with van der Waals surface area (Å²) in [4.78, 5) is 18.7. The number of benzene rings is 1. The second-order valence-electron chi connectivity index (χ2n) is 10.8. The minimum absolute atomic E-state index is 0.0397. The third-order valence-electron chi connectivity index (χ3n) is 8.18. The van der Waals surface area contributed by atoms with Crippen LogP contribution < -0.4 is 15.0 Å². The number of fused-ring (bicyclic) bond motifs is 2. The lowest BCUT2D eigenvalue weighted by atomic mass is 9.64. The number of carbonyl (C=O) groups excluding carboxylic acids is 1. The molecule has 3 aliphatic carbocycles. The average Bonchev–Trinajstić information content (AvgIpc) is 3.18. The molecule has 6 rings (SSSR count). The molecule has 0 spiro atoms. The van der Waals surface area contributed by atoms with E-state index < -0.39 is 41.5 Å². The summed E-state index contributed by atoms with van der Waals surface area (Å²) in [6.07, 6.45) is -0.542. The molecule has 4 aliphatic rings. The van der Waals surface area contributed by atoms with Gasteiger partial charge in [0.25, 0.3) is 11.9 Å². The van der Waals surface area contributed by atoms with E-state index >= 15 is 0 Å². The van der Waals surface area contributed by atoms with Crippen LogP contribution in [0.5, 0.6) is 11.5 Å². The number of anilines is 2. The first-order valence-electron chi connectivity index (χ1n) is 12.8. The number of aromatic nitrogens is 1. The number of nitrogens with zero attached hydrogens (tertiary/aromatic N) is 2. The number of halogens is 4. The van der Waals surface area contributed by atoms with Crippen molar-refractivity contribution < 1.29 is 36.6 Å². The van der Waals surface area contributed by atoms with Crippen molar-refractivity contribution in [3.8, 4) is 11.5 Å². The minimum Gasteiger partial charge on any atom is -0.504 e. The molecule has 1 saturated heterocycles. The number of ether oxygens (including phenoxy) is 1. The van der Waals surface area contributed by atoms with Gasteiger partial charge in [-0.2, -0.15) is 18.2 Å². The van der Waals surface area contributed by atoms with Gasteiger partial charge >= 0.3 is 6.18 Å². The number of hydrogen-bond donors (Lipinski definition) is 2. The summed E-state index contributed by atoms with van der Waals surface area (Å²) in [7, 11) is 0. The molecule has 3 saturated carbocycles. The smallest absolute Gasteiger partial charge is 0.396 e. The van der Waals surface area contributed by atoms with Crippen molar-refractivity contribution in [2.45, 2.75) is 71.1 Å². The van der Waals surface area contributed by atoms with E-state index in [-0.39, 0.29) is 29.0 Å². The van der Waals surface area contributed by atoms with Crippen LogP contribution in [0.4, 0.5) is 29.3 Å².